The summed E-state index contributed by atoms with van der Waals surface area (Å²) in [6, 6.07) is 2.09. The number of aliphatic hydroxyl groups excluding tert-OH is 1. The Morgan fingerprint density at radius 1 is 1.25 bits per heavy atom. The molecule has 2 aromatic rings. The van der Waals surface area contributed by atoms with Crippen molar-refractivity contribution in [2.24, 2.45) is 0 Å². The van der Waals surface area contributed by atoms with Crippen LogP contribution < -0.4 is 0 Å². The molecule has 2 nitrogen and oxygen atoms in total. The predicted molar refractivity (Wildman–Crippen MR) is 73.2 cm³/mol. The molecule has 0 amide bonds. The topological polar surface area (TPSA) is 33.1 Å². The van der Waals surface area contributed by atoms with Gasteiger partial charge in [0.25, 0.3) is 0 Å². The van der Waals surface area contributed by atoms with Crippen molar-refractivity contribution in [2.75, 3.05) is 6.61 Å². The Morgan fingerprint density at radius 3 is 2.81 bits per heavy atom. The smallest absolute Gasteiger partial charge is 0.0932 e. The molecule has 0 bridgehead atoms. The second-order valence-electron chi connectivity index (χ2n) is 3.44. The molecule has 16 heavy (non-hydrogen) atoms. The number of unbranched alkanes of at least 4 members (excludes halogenated alkanes) is 1. The van der Waals surface area contributed by atoms with Gasteiger partial charge < -0.3 is 5.11 Å². The van der Waals surface area contributed by atoms with Gasteiger partial charge >= 0.3 is 0 Å². The standard InChI is InChI=1S/C11H12BrNOS2/c12-8-5-10(15-6-8)9-7-16-11(13-9)3-1-2-4-14/h5-7,14H,1-4H2. The molecule has 0 atom stereocenters. The fourth-order valence-electron chi connectivity index (χ4n) is 1.37. The zero-order valence-electron chi connectivity index (χ0n) is 8.65. The van der Waals surface area contributed by atoms with Crippen LogP contribution in [-0.4, -0.2) is 16.7 Å². The molecule has 2 rings (SSSR count). The van der Waals surface area contributed by atoms with E-state index >= 15 is 0 Å². The lowest BCUT2D eigenvalue weighted by Gasteiger charge is -1.93. The summed E-state index contributed by atoms with van der Waals surface area (Å²) in [5, 5.41) is 14.0. The Morgan fingerprint density at radius 2 is 2.12 bits per heavy atom. The Labute approximate surface area is 111 Å². The third-order valence-corrected chi connectivity index (χ3v) is 4.79. The SMILES string of the molecule is OCCCCc1nc(-c2cc(Br)cs2)cs1. The minimum atomic E-state index is 0.274. The highest BCUT2D eigenvalue weighted by atomic mass is 79.9. The molecule has 0 spiro atoms. The molecule has 86 valence electrons. The zero-order chi connectivity index (χ0) is 11.4. The Kier molecular flexibility index (Phi) is 4.52. The fourth-order valence-corrected chi connectivity index (χ4v) is 3.68. The average Bonchev–Trinajstić information content (AvgIpc) is 2.87. The highest BCUT2D eigenvalue weighted by Crippen LogP contribution is 2.30. The van der Waals surface area contributed by atoms with Crippen molar-refractivity contribution < 1.29 is 5.11 Å². The Hall–Kier alpha value is -0.230. The van der Waals surface area contributed by atoms with Crippen LogP contribution in [0.3, 0.4) is 0 Å². The number of hydrogen-bond donors (Lipinski definition) is 1. The number of rotatable bonds is 5. The van der Waals surface area contributed by atoms with Gasteiger partial charge in [0, 0.05) is 21.8 Å². The summed E-state index contributed by atoms with van der Waals surface area (Å²) >= 11 is 6.85. The predicted octanol–water partition coefficient (Wildman–Crippen LogP) is 3.95. The first-order valence-corrected chi connectivity index (χ1v) is 7.64. The maximum atomic E-state index is 8.71. The molecule has 0 aromatic carbocycles. The van der Waals surface area contributed by atoms with Gasteiger partial charge in [-0.2, -0.15) is 0 Å². The van der Waals surface area contributed by atoms with E-state index in [1.807, 2.05) is 0 Å². The number of thiazole rings is 1. The largest absolute Gasteiger partial charge is 0.396 e. The van der Waals surface area contributed by atoms with E-state index in [2.05, 4.69) is 37.7 Å². The summed E-state index contributed by atoms with van der Waals surface area (Å²) in [5.74, 6) is 0. The lowest BCUT2D eigenvalue weighted by Crippen LogP contribution is -1.87. The van der Waals surface area contributed by atoms with Gasteiger partial charge in [-0.25, -0.2) is 4.98 Å². The lowest BCUT2D eigenvalue weighted by molar-refractivity contribution is 0.284. The van der Waals surface area contributed by atoms with Gasteiger partial charge in [0.05, 0.1) is 15.6 Å². The Bertz CT molecular complexity index is 452. The molecule has 0 aliphatic carbocycles. The first-order chi connectivity index (χ1) is 7.79. The van der Waals surface area contributed by atoms with E-state index in [9.17, 15) is 0 Å². The van der Waals surface area contributed by atoms with E-state index in [1.54, 1.807) is 22.7 Å². The van der Waals surface area contributed by atoms with Crippen LogP contribution in [0.15, 0.2) is 21.3 Å². The number of aryl methyl sites for hydroxylation is 1. The van der Waals surface area contributed by atoms with Gasteiger partial charge in [0.15, 0.2) is 0 Å². The van der Waals surface area contributed by atoms with Gasteiger partial charge in [-0.05, 0) is 41.3 Å². The van der Waals surface area contributed by atoms with Crippen LogP contribution >= 0.6 is 38.6 Å². The summed E-state index contributed by atoms with van der Waals surface area (Å²) < 4.78 is 1.11. The van der Waals surface area contributed by atoms with Crippen molar-refractivity contribution in [1.82, 2.24) is 4.98 Å². The number of aliphatic hydroxyl groups is 1. The number of thiophene rings is 1. The van der Waals surface area contributed by atoms with Crippen LogP contribution in [0, 0.1) is 0 Å². The molecule has 2 aromatic heterocycles. The van der Waals surface area contributed by atoms with Crippen LogP contribution in [0.5, 0.6) is 0 Å². The van der Waals surface area contributed by atoms with Crippen molar-refractivity contribution in [3.05, 3.63) is 26.3 Å². The van der Waals surface area contributed by atoms with Crippen molar-refractivity contribution in [3.63, 3.8) is 0 Å². The molecule has 0 radical (unpaired) electrons. The van der Waals surface area contributed by atoms with Crippen LogP contribution in [0.4, 0.5) is 0 Å². The number of aromatic nitrogens is 1. The summed E-state index contributed by atoms with van der Waals surface area (Å²) in [7, 11) is 0. The molecule has 0 fully saturated rings. The van der Waals surface area contributed by atoms with E-state index in [0.717, 1.165) is 34.4 Å². The monoisotopic (exact) mass is 317 g/mol. The van der Waals surface area contributed by atoms with Crippen LogP contribution in [0.1, 0.15) is 17.8 Å². The minimum absolute atomic E-state index is 0.274. The third-order valence-electron chi connectivity index (χ3n) is 2.17. The van der Waals surface area contributed by atoms with Gasteiger partial charge in [-0.15, -0.1) is 22.7 Å². The van der Waals surface area contributed by atoms with Gasteiger partial charge in [0.2, 0.25) is 0 Å². The summed E-state index contributed by atoms with van der Waals surface area (Å²) in [6.45, 7) is 0.274. The first-order valence-electron chi connectivity index (χ1n) is 5.09. The summed E-state index contributed by atoms with van der Waals surface area (Å²) in [5.41, 5.74) is 1.07. The van der Waals surface area contributed by atoms with Crippen LogP contribution in [-0.2, 0) is 6.42 Å². The maximum Gasteiger partial charge on any atom is 0.0932 e. The van der Waals surface area contributed by atoms with Gasteiger partial charge in [-0.1, -0.05) is 0 Å². The van der Waals surface area contributed by atoms with Gasteiger partial charge in [0.1, 0.15) is 0 Å². The van der Waals surface area contributed by atoms with E-state index in [1.165, 1.54) is 4.88 Å². The molecule has 0 aliphatic rings. The van der Waals surface area contributed by atoms with Crippen molar-refractivity contribution in [2.45, 2.75) is 19.3 Å². The number of nitrogens with zero attached hydrogens (tertiary/aromatic N) is 1. The molecule has 0 aliphatic heterocycles. The molecular formula is C11H12BrNOS2. The lowest BCUT2D eigenvalue weighted by atomic mass is 10.2. The molecule has 0 saturated heterocycles. The number of hydrogen-bond acceptors (Lipinski definition) is 4. The maximum absolute atomic E-state index is 8.71. The molecule has 0 unspecified atom stereocenters. The molecule has 2 heterocycles. The van der Waals surface area contributed by atoms with Crippen molar-refractivity contribution >= 4 is 38.6 Å². The molecule has 5 heteroatoms. The van der Waals surface area contributed by atoms with E-state index in [-0.39, 0.29) is 6.61 Å². The quantitative estimate of drug-likeness (QED) is 0.847. The third kappa shape index (κ3) is 3.13. The number of halogens is 1. The van der Waals surface area contributed by atoms with Gasteiger partial charge in [-0.3, -0.25) is 0 Å². The molecule has 1 N–H and O–H groups in total. The van der Waals surface area contributed by atoms with Crippen LogP contribution in [0.25, 0.3) is 10.6 Å². The van der Waals surface area contributed by atoms with Crippen LogP contribution in [0.2, 0.25) is 0 Å². The highest BCUT2D eigenvalue weighted by molar-refractivity contribution is 9.10. The fraction of sp³-hybridized carbons (Fsp3) is 0.364. The summed E-state index contributed by atoms with van der Waals surface area (Å²) in [6.07, 6.45) is 2.84. The first kappa shape index (κ1) is 12.2. The minimum Gasteiger partial charge on any atom is -0.396 e. The van der Waals surface area contributed by atoms with Crippen molar-refractivity contribution in [1.29, 1.82) is 0 Å². The van der Waals surface area contributed by atoms with E-state index in [4.69, 9.17) is 5.11 Å². The second kappa shape index (κ2) is 5.91. The highest BCUT2D eigenvalue weighted by Gasteiger charge is 2.06. The average molecular weight is 318 g/mol. The Balaban J connectivity index is 2.02. The second-order valence-corrected chi connectivity index (χ2v) is 6.21. The van der Waals surface area contributed by atoms with E-state index < -0.39 is 0 Å². The molecule has 0 saturated carbocycles. The summed E-state index contributed by atoms with van der Waals surface area (Å²) in [4.78, 5) is 5.80. The van der Waals surface area contributed by atoms with E-state index in [0.29, 0.717) is 0 Å². The van der Waals surface area contributed by atoms with Crippen molar-refractivity contribution in [3.8, 4) is 10.6 Å². The molecular weight excluding hydrogens is 306 g/mol. The zero-order valence-corrected chi connectivity index (χ0v) is 11.9. The normalized spacial score (nSPS) is 10.9.